The average molecular weight is 209 g/mol. The fourth-order valence-electron chi connectivity index (χ4n) is 1.80. The van der Waals surface area contributed by atoms with Crippen molar-refractivity contribution in [2.75, 3.05) is 14.2 Å². The van der Waals surface area contributed by atoms with Crippen molar-refractivity contribution in [2.24, 2.45) is 0 Å². The monoisotopic (exact) mass is 208 g/mol. The molecule has 13 heavy (non-hydrogen) atoms. The van der Waals surface area contributed by atoms with Crippen LogP contribution in [0.5, 0.6) is 0 Å². The molecule has 78 valence electrons. The van der Waals surface area contributed by atoms with E-state index in [1.54, 1.807) is 7.11 Å². The second-order valence-electron chi connectivity index (χ2n) is 3.25. The van der Waals surface area contributed by atoms with Crippen molar-refractivity contribution in [2.45, 2.75) is 37.7 Å². The van der Waals surface area contributed by atoms with Gasteiger partial charge in [-0.1, -0.05) is 6.42 Å². The normalized spacial score (nSPS) is 20.2. The minimum atomic E-state index is -0.632. The topological polar surface area (TPSA) is 35.5 Å². The molecule has 0 aromatic carbocycles. The maximum atomic E-state index is 11.4. The van der Waals surface area contributed by atoms with Crippen molar-refractivity contribution < 1.29 is 14.3 Å². The van der Waals surface area contributed by atoms with E-state index < -0.39 is 5.60 Å². The van der Waals surface area contributed by atoms with E-state index in [9.17, 15) is 4.79 Å². The molecule has 1 saturated carbocycles. The summed E-state index contributed by atoms with van der Waals surface area (Å²) in [6.07, 6.45) is 4.92. The Balaban J connectivity index is 0.00000144. The fourth-order valence-corrected chi connectivity index (χ4v) is 1.80. The molecule has 0 radical (unpaired) electrons. The zero-order chi connectivity index (χ0) is 9.03. The minimum Gasteiger partial charge on any atom is -0.467 e. The smallest absolute Gasteiger partial charge is 0.338 e. The first-order valence-electron chi connectivity index (χ1n) is 4.39. The van der Waals surface area contributed by atoms with Crippen LogP contribution in [0.4, 0.5) is 0 Å². The minimum absolute atomic E-state index is 0. The lowest BCUT2D eigenvalue weighted by Gasteiger charge is -2.32. The van der Waals surface area contributed by atoms with Crippen molar-refractivity contribution in [1.29, 1.82) is 0 Å². The molecular weight excluding hydrogens is 192 g/mol. The Morgan fingerprint density at radius 1 is 1.15 bits per heavy atom. The highest BCUT2D eigenvalue weighted by molar-refractivity contribution is 5.85. The average Bonchev–Trinajstić information content (AvgIpc) is 2.17. The van der Waals surface area contributed by atoms with Gasteiger partial charge in [-0.2, -0.15) is 0 Å². The SMILES string of the molecule is COC(=O)C1(OC)CCCCC1.Cl. The highest BCUT2D eigenvalue weighted by atomic mass is 35.5. The van der Waals surface area contributed by atoms with E-state index in [4.69, 9.17) is 9.47 Å². The first-order chi connectivity index (χ1) is 5.75. The molecule has 3 nitrogen and oxygen atoms in total. The zero-order valence-electron chi connectivity index (χ0n) is 8.17. The molecule has 0 amide bonds. The van der Waals surface area contributed by atoms with E-state index in [1.807, 2.05) is 0 Å². The van der Waals surface area contributed by atoms with Gasteiger partial charge in [0.2, 0.25) is 0 Å². The quantitative estimate of drug-likeness (QED) is 0.651. The third-order valence-corrected chi connectivity index (χ3v) is 2.61. The first kappa shape index (κ1) is 12.7. The number of carbonyl (C=O) groups is 1. The Kier molecular flexibility index (Phi) is 5.33. The molecule has 1 aliphatic rings. The van der Waals surface area contributed by atoms with Gasteiger partial charge in [0.25, 0.3) is 0 Å². The molecule has 1 fully saturated rings. The maximum Gasteiger partial charge on any atom is 0.338 e. The van der Waals surface area contributed by atoms with Gasteiger partial charge in [-0.05, 0) is 25.7 Å². The van der Waals surface area contributed by atoms with Crippen molar-refractivity contribution >= 4 is 18.4 Å². The summed E-state index contributed by atoms with van der Waals surface area (Å²) < 4.78 is 9.98. The van der Waals surface area contributed by atoms with Gasteiger partial charge in [0.1, 0.15) is 0 Å². The van der Waals surface area contributed by atoms with Gasteiger partial charge in [0.15, 0.2) is 5.60 Å². The standard InChI is InChI=1S/C9H16O3.ClH/c1-11-8(10)9(12-2)6-4-3-5-7-9;/h3-7H2,1-2H3;1H. The van der Waals surface area contributed by atoms with Crippen LogP contribution in [0.3, 0.4) is 0 Å². The zero-order valence-corrected chi connectivity index (χ0v) is 8.99. The van der Waals surface area contributed by atoms with Gasteiger partial charge in [-0.25, -0.2) is 4.79 Å². The van der Waals surface area contributed by atoms with Crippen molar-refractivity contribution in [3.05, 3.63) is 0 Å². The first-order valence-corrected chi connectivity index (χ1v) is 4.39. The summed E-state index contributed by atoms with van der Waals surface area (Å²) >= 11 is 0. The van der Waals surface area contributed by atoms with Gasteiger partial charge in [0, 0.05) is 7.11 Å². The van der Waals surface area contributed by atoms with Crippen LogP contribution in [-0.2, 0) is 14.3 Å². The largest absolute Gasteiger partial charge is 0.467 e. The predicted octanol–water partition coefficient (Wildman–Crippen LogP) is 1.93. The third-order valence-electron chi connectivity index (χ3n) is 2.61. The number of halogens is 1. The highest BCUT2D eigenvalue weighted by Crippen LogP contribution is 2.31. The van der Waals surface area contributed by atoms with Crippen LogP contribution in [-0.4, -0.2) is 25.8 Å². The van der Waals surface area contributed by atoms with Crippen LogP contribution in [0, 0.1) is 0 Å². The Morgan fingerprint density at radius 2 is 1.69 bits per heavy atom. The van der Waals surface area contributed by atoms with Gasteiger partial charge in [-0.15, -0.1) is 12.4 Å². The summed E-state index contributed by atoms with van der Waals surface area (Å²) in [5.41, 5.74) is -0.632. The van der Waals surface area contributed by atoms with Crippen molar-refractivity contribution in [1.82, 2.24) is 0 Å². The molecular formula is C9H17ClO3. The van der Waals surface area contributed by atoms with Crippen LogP contribution in [0.25, 0.3) is 0 Å². The molecule has 0 spiro atoms. The van der Waals surface area contributed by atoms with E-state index in [0.29, 0.717) is 0 Å². The number of carbonyl (C=O) groups excluding carboxylic acids is 1. The number of hydrogen-bond donors (Lipinski definition) is 0. The molecule has 0 aliphatic heterocycles. The fraction of sp³-hybridized carbons (Fsp3) is 0.889. The molecule has 0 N–H and O–H groups in total. The van der Waals surface area contributed by atoms with Crippen molar-refractivity contribution in [3.63, 3.8) is 0 Å². The van der Waals surface area contributed by atoms with E-state index in [0.717, 1.165) is 25.7 Å². The molecule has 0 unspecified atom stereocenters. The number of esters is 1. The molecule has 0 aromatic rings. The van der Waals surface area contributed by atoms with Crippen LogP contribution in [0.1, 0.15) is 32.1 Å². The highest BCUT2D eigenvalue weighted by Gasteiger charge is 2.40. The van der Waals surface area contributed by atoms with Crippen LogP contribution in [0.15, 0.2) is 0 Å². The summed E-state index contributed by atoms with van der Waals surface area (Å²) in [7, 11) is 3.00. The van der Waals surface area contributed by atoms with Gasteiger partial charge in [-0.3, -0.25) is 0 Å². The van der Waals surface area contributed by atoms with Crippen LogP contribution >= 0.6 is 12.4 Å². The molecule has 0 heterocycles. The summed E-state index contributed by atoms with van der Waals surface area (Å²) in [5.74, 6) is -0.218. The number of hydrogen-bond acceptors (Lipinski definition) is 3. The molecule has 0 bridgehead atoms. The molecule has 0 saturated heterocycles. The summed E-state index contributed by atoms with van der Waals surface area (Å²) in [6, 6.07) is 0. The predicted molar refractivity (Wildman–Crippen MR) is 52.1 cm³/mol. The van der Waals surface area contributed by atoms with Gasteiger partial charge >= 0.3 is 5.97 Å². The summed E-state index contributed by atoms with van der Waals surface area (Å²) in [5, 5.41) is 0. The molecule has 0 aromatic heterocycles. The van der Waals surface area contributed by atoms with E-state index in [1.165, 1.54) is 13.5 Å². The van der Waals surface area contributed by atoms with Gasteiger partial charge < -0.3 is 9.47 Å². The third kappa shape index (κ3) is 2.58. The second-order valence-corrected chi connectivity index (χ2v) is 3.25. The Morgan fingerprint density at radius 3 is 2.08 bits per heavy atom. The molecule has 0 atom stereocenters. The Labute approximate surface area is 85.2 Å². The lowest BCUT2D eigenvalue weighted by Crippen LogP contribution is -2.43. The number of methoxy groups -OCH3 is 2. The van der Waals surface area contributed by atoms with Crippen LogP contribution < -0.4 is 0 Å². The summed E-state index contributed by atoms with van der Waals surface area (Å²) in [6.45, 7) is 0. The Hall–Kier alpha value is -0.280. The Bertz CT molecular complexity index is 164. The van der Waals surface area contributed by atoms with Crippen molar-refractivity contribution in [3.8, 4) is 0 Å². The molecule has 1 rings (SSSR count). The lowest BCUT2D eigenvalue weighted by molar-refractivity contribution is -0.170. The van der Waals surface area contributed by atoms with E-state index >= 15 is 0 Å². The molecule has 4 heteroatoms. The van der Waals surface area contributed by atoms with Gasteiger partial charge in [0.05, 0.1) is 7.11 Å². The molecule has 1 aliphatic carbocycles. The number of ether oxygens (including phenoxy) is 2. The van der Waals surface area contributed by atoms with E-state index in [-0.39, 0.29) is 18.4 Å². The van der Waals surface area contributed by atoms with Crippen LogP contribution in [0.2, 0.25) is 0 Å². The summed E-state index contributed by atoms with van der Waals surface area (Å²) in [4.78, 5) is 11.4. The maximum absolute atomic E-state index is 11.4. The number of rotatable bonds is 2. The van der Waals surface area contributed by atoms with E-state index in [2.05, 4.69) is 0 Å². The second kappa shape index (κ2) is 5.45. The lowest BCUT2D eigenvalue weighted by atomic mass is 9.85.